The molecular formula is C41H39F3N10O9. The summed E-state index contributed by atoms with van der Waals surface area (Å²) in [6.07, 6.45) is -1.69. The third-order valence-corrected chi connectivity index (χ3v) is 9.81. The van der Waals surface area contributed by atoms with Crippen molar-refractivity contribution >= 4 is 46.3 Å². The van der Waals surface area contributed by atoms with Crippen molar-refractivity contribution in [1.29, 1.82) is 0 Å². The molecule has 4 aromatic heterocycles. The van der Waals surface area contributed by atoms with E-state index < -0.39 is 36.4 Å². The second-order valence-electron chi connectivity index (χ2n) is 14.1. The molecule has 1 aliphatic rings. The number of halogens is 3. The van der Waals surface area contributed by atoms with E-state index >= 15 is 0 Å². The Labute approximate surface area is 354 Å². The van der Waals surface area contributed by atoms with Gasteiger partial charge in [0.25, 0.3) is 17.7 Å². The second-order valence-corrected chi connectivity index (χ2v) is 14.1. The van der Waals surface area contributed by atoms with Crippen LogP contribution in [0.3, 0.4) is 0 Å². The van der Waals surface area contributed by atoms with E-state index in [4.69, 9.17) is 19.6 Å². The topological polar surface area (TPSA) is 250 Å². The number of rotatable bonds is 18. The molecule has 0 spiro atoms. The summed E-state index contributed by atoms with van der Waals surface area (Å²) in [5, 5.41) is 11.7. The van der Waals surface area contributed by atoms with Gasteiger partial charge in [-0.15, -0.1) is 0 Å². The fraction of sp³-hybridized carbons (Fsp3) is 0.293. The number of carbonyl (C=O) groups is 5. The molecule has 2 aromatic carbocycles. The number of imide groups is 1. The minimum Gasteiger partial charge on any atom is -0.444 e. The van der Waals surface area contributed by atoms with Gasteiger partial charge < -0.3 is 30.3 Å². The van der Waals surface area contributed by atoms with Crippen LogP contribution in [0.15, 0.2) is 88.5 Å². The summed E-state index contributed by atoms with van der Waals surface area (Å²) in [5.74, 6) is -3.02. The Balaban J connectivity index is 0.851. The third-order valence-electron chi connectivity index (χ3n) is 9.81. The lowest BCUT2D eigenvalue weighted by atomic mass is 10.1. The number of para-hydroxylation sites is 2. The molecule has 5 N–H and O–H groups in total. The van der Waals surface area contributed by atoms with Crippen LogP contribution in [-0.2, 0) is 32.0 Å². The summed E-state index contributed by atoms with van der Waals surface area (Å²) in [4.78, 5) is 83.7. The summed E-state index contributed by atoms with van der Waals surface area (Å²) < 4.78 is 58.9. The first-order valence-electron chi connectivity index (χ1n) is 19.5. The number of ether oxygens (including phenoxy) is 2. The molecule has 0 saturated carbocycles. The zero-order valence-corrected chi connectivity index (χ0v) is 33.2. The van der Waals surface area contributed by atoms with Crippen LogP contribution in [-0.4, -0.2) is 97.6 Å². The Morgan fingerprint density at radius 2 is 1.70 bits per heavy atom. The van der Waals surface area contributed by atoms with Crippen LogP contribution >= 0.6 is 0 Å². The highest BCUT2D eigenvalue weighted by molar-refractivity contribution is 6.07. The summed E-state index contributed by atoms with van der Waals surface area (Å²) in [6.45, 7) is 1.25. The van der Waals surface area contributed by atoms with E-state index in [1.807, 2.05) is 0 Å². The molecule has 19 nitrogen and oxygen atoms in total. The zero-order chi connectivity index (χ0) is 44.7. The van der Waals surface area contributed by atoms with Crippen LogP contribution in [0.2, 0.25) is 0 Å². The number of anilines is 1. The minimum atomic E-state index is -4.35. The van der Waals surface area contributed by atoms with Crippen molar-refractivity contribution in [3.63, 3.8) is 0 Å². The first-order chi connectivity index (χ1) is 30.3. The number of nitrogens with one attached hydrogen (secondary N) is 3. The van der Waals surface area contributed by atoms with E-state index in [9.17, 15) is 41.9 Å². The number of nitrogens with zero attached hydrogens (tertiary/aromatic N) is 6. The van der Waals surface area contributed by atoms with E-state index in [0.717, 1.165) is 6.26 Å². The van der Waals surface area contributed by atoms with Gasteiger partial charge in [-0.1, -0.05) is 12.1 Å². The Bertz CT molecular complexity index is 2720. The molecule has 5 heterocycles. The lowest BCUT2D eigenvalue weighted by Crippen LogP contribution is -2.44. The summed E-state index contributed by atoms with van der Waals surface area (Å²) in [5.41, 5.74) is 7.07. The largest absolute Gasteiger partial charge is 0.444 e. The lowest BCUT2D eigenvalue weighted by molar-refractivity contribution is -0.136. The lowest BCUT2D eigenvalue weighted by Gasteiger charge is -2.21. The molecule has 328 valence electrons. The Morgan fingerprint density at radius 1 is 0.952 bits per heavy atom. The number of hydrogen-bond donors (Lipinski definition) is 4. The highest BCUT2D eigenvalue weighted by atomic mass is 19.4. The number of nitrogens with two attached hydrogens (primary N) is 1. The Kier molecular flexibility index (Phi) is 13.2. The maximum absolute atomic E-state index is 13.4. The number of oxazole rings is 1. The number of fused-ring (bicyclic) bond motifs is 1. The van der Waals surface area contributed by atoms with Crippen LogP contribution in [0.5, 0.6) is 0 Å². The van der Waals surface area contributed by atoms with E-state index in [0.29, 0.717) is 27.8 Å². The number of carbonyl (C=O) groups excluding carboxylic acids is 5. The average molecular weight is 873 g/mol. The number of aromatic nitrogens is 6. The molecule has 0 aliphatic carbocycles. The normalized spacial score (nSPS) is 14.2. The smallest absolute Gasteiger partial charge is 0.389 e. The standard InChI is InChI=1S/C41H39F3N10O9/c42-41(43,44)13-11-26-21-25(12-14-46-26)39-49-29(23-63-39)37(58)48-28-22-53(51-34(28)35(45)56)27-7-5-24(6-8-27)36(57)47-15-17-61-19-20-62-18-16-52-30-3-1-2-4-31(30)54(40(52)60)32-9-10-33(55)50-38(32)59/h1-8,12,14,21-23,32H,9-11,13,15-20H2,(H2,45,56)(H,47,57)(H,48,58)(H,50,55,59). The summed E-state index contributed by atoms with van der Waals surface area (Å²) in [7, 11) is 0. The van der Waals surface area contributed by atoms with Crippen molar-refractivity contribution in [3.8, 4) is 17.1 Å². The number of pyridine rings is 1. The molecule has 1 saturated heterocycles. The van der Waals surface area contributed by atoms with Gasteiger partial charge in [0.2, 0.25) is 17.7 Å². The SMILES string of the molecule is NC(=O)c1nn(-c2ccc(C(=O)NCCOCCOCCn3c(=O)n(C4CCC(=O)NC4=O)c4ccccc43)cc2)cc1NC(=O)c1coc(-c2ccnc(CCC(F)(F)F)c2)n1. The predicted octanol–water partition coefficient (Wildman–Crippen LogP) is 3.33. The summed E-state index contributed by atoms with van der Waals surface area (Å²) in [6, 6.07) is 15.3. The van der Waals surface area contributed by atoms with Gasteiger partial charge >= 0.3 is 11.9 Å². The van der Waals surface area contributed by atoms with E-state index in [-0.39, 0.29) is 105 Å². The minimum absolute atomic E-state index is 0.0375. The molecule has 0 radical (unpaired) electrons. The molecule has 0 bridgehead atoms. The number of amides is 5. The fourth-order valence-corrected chi connectivity index (χ4v) is 6.75. The molecule has 5 amide bonds. The first kappa shape index (κ1) is 43.6. The molecule has 1 atom stereocenters. The quantitative estimate of drug-likeness (QED) is 0.0718. The molecule has 1 fully saturated rings. The molecule has 7 rings (SSSR count). The van der Waals surface area contributed by atoms with Gasteiger partial charge in [-0.25, -0.2) is 14.5 Å². The van der Waals surface area contributed by atoms with Crippen molar-refractivity contribution in [2.45, 2.75) is 44.4 Å². The number of aryl methyl sites for hydroxylation is 1. The number of primary amides is 1. The van der Waals surface area contributed by atoms with Gasteiger partial charge in [-0.3, -0.25) is 43.4 Å². The molecule has 22 heteroatoms. The predicted molar refractivity (Wildman–Crippen MR) is 216 cm³/mol. The van der Waals surface area contributed by atoms with Crippen molar-refractivity contribution in [2.75, 3.05) is 38.3 Å². The van der Waals surface area contributed by atoms with Gasteiger partial charge in [-0.2, -0.15) is 18.3 Å². The number of hydrogen-bond acceptors (Lipinski definition) is 12. The van der Waals surface area contributed by atoms with E-state index in [1.165, 1.54) is 50.5 Å². The number of piperidine rings is 1. The van der Waals surface area contributed by atoms with Crippen molar-refractivity contribution in [2.24, 2.45) is 5.73 Å². The first-order valence-corrected chi connectivity index (χ1v) is 19.5. The Hall–Kier alpha value is -7.46. The highest BCUT2D eigenvalue weighted by Crippen LogP contribution is 2.26. The van der Waals surface area contributed by atoms with E-state index in [2.05, 4.69) is 31.0 Å². The Morgan fingerprint density at radius 3 is 2.43 bits per heavy atom. The molecule has 1 unspecified atom stereocenters. The zero-order valence-electron chi connectivity index (χ0n) is 33.2. The van der Waals surface area contributed by atoms with Crippen LogP contribution in [0.4, 0.5) is 18.9 Å². The number of imidazole rings is 1. The van der Waals surface area contributed by atoms with Gasteiger partial charge in [0.1, 0.15) is 12.3 Å². The van der Waals surface area contributed by atoms with Gasteiger partial charge in [0.05, 0.1) is 61.6 Å². The molecule has 6 aromatic rings. The van der Waals surface area contributed by atoms with Gasteiger partial charge in [0.15, 0.2) is 11.4 Å². The van der Waals surface area contributed by atoms with Crippen molar-refractivity contribution in [3.05, 3.63) is 112 Å². The summed E-state index contributed by atoms with van der Waals surface area (Å²) >= 11 is 0. The van der Waals surface area contributed by atoms with Crippen LogP contribution < -0.4 is 27.4 Å². The molecular weight excluding hydrogens is 834 g/mol. The van der Waals surface area contributed by atoms with Crippen LogP contribution in [0, 0.1) is 0 Å². The van der Waals surface area contributed by atoms with Crippen molar-refractivity contribution in [1.82, 2.24) is 39.5 Å². The average Bonchev–Trinajstić information content (AvgIpc) is 3.99. The number of alkyl halides is 3. The molecule has 63 heavy (non-hydrogen) atoms. The van der Waals surface area contributed by atoms with Gasteiger partial charge in [-0.05, 0) is 61.4 Å². The van der Waals surface area contributed by atoms with Gasteiger partial charge in [0, 0.05) is 42.4 Å². The monoisotopic (exact) mass is 872 g/mol. The molecule has 1 aliphatic heterocycles. The van der Waals surface area contributed by atoms with E-state index in [1.54, 1.807) is 36.4 Å². The maximum Gasteiger partial charge on any atom is 0.389 e. The van der Waals surface area contributed by atoms with Crippen LogP contribution in [0.1, 0.15) is 62.3 Å². The van der Waals surface area contributed by atoms with Crippen molar-refractivity contribution < 1.29 is 51.0 Å². The van der Waals surface area contributed by atoms with Crippen LogP contribution in [0.25, 0.3) is 28.2 Å². The maximum atomic E-state index is 13.4. The second kappa shape index (κ2) is 19.1. The number of benzene rings is 2. The fourth-order valence-electron chi connectivity index (χ4n) is 6.75. The third kappa shape index (κ3) is 10.5. The highest BCUT2D eigenvalue weighted by Gasteiger charge is 2.32.